The Balaban J connectivity index is 2.67. The molecule has 0 aliphatic carbocycles. The molecule has 1 fully saturated rings. The average Bonchev–Trinajstić information content (AvgIpc) is 2.47. The minimum Gasteiger partial charge on any atom is -0.481 e. The molecule has 1 aliphatic rings. The van der Waals surface area contributed by atoms with E-state index in [-0.39, 0.29) is 18.6 Å². The van der Waals surface area contributed by atoms with E-state index in [0.29, 0.717) is 6.42 Å². The van der Waals surface area contributed by atoms with Crippen LogP contribution in [0.4, 0.5) is 0 Å². The molecule has 0 unspecified atom stereocenters. The number of rotatable bonds is 9. The van der Waals surface area contributed by atoms with E-state index < -0.39 is 30.4 Å². The smallest absolute Gasteiger partial charge is 0.303 e. The normalized spacial score (nSPS) is 28.9. The van der Waals surface area contributed by atoms with Crippen LogP contribution in [0.3, 0.4) is 0 Å². The van der Waals surface area contributed by atoms with Gasteiger partial charge < -0.3 is 19.7 Å². The van der Waals surface area contributed by atoms with Gasteiger partial charge in [-0.15, -0.1) is 0 Å². The number of methoxy groups -OCH3 is 1. The molecule has 0 spiro atoms. The van der Waals surface area contributed by atoms with Gasteiger partial charge in [0.2, 0.25) is 0 Å². The number of hydrogen-bond acceptors (Lipinski definition) is 5. The first-order chi connectivity index (χ1) is 10.5. The molecule has 6 nitrogen and oxygen atoms in total. The largest absolute Gasteiger partial charge is 0.481 e. The maximum absolute atomic E-state index is 11.8. The van der Waals surface area contributed by atoms with Crippen LogP contribution in [0.15, 0.2) is 12.2 Å². The summed E-state index contributed by atoms with van der Waals surface area (Å²) in [5, 5.41) is 19.0. The van der Waals surface area contributed by atoms with Crippen LogP contribution >= 0.6 is 0 Å². The summed E-state index contributed by atoms with van der Waals surface area (Å²) in [6.07, 6.45) is 4.29. The second kappa shape index (κ2) is 9.71. The van der Waals surface area contributed by atoms with Crippen molar-refractivity contribution in [1.82, 2.24) is 0 Å². The number of aliphatic hydroxyl groups excluding tert-OH is 1. The second-order valence-corrected chi connectivity index (χ2v) is 5.61. The van der Waals surface area contributed by atoms with Gasteiger partial charge >= 0.3 is 5.97 Å². The number of ether oxygens (including phenoxy) is 2. The molecule has 1 aliphatic heterocycles. The van der Waals surface area contributed by atoms with Crippen LogP contribution in [0.2, 0.25) is 0 Å². The van der Waals surface area contributed by atoms with Crippen molar-refractivity contribution in [3.63, 3.8) is 0 Å². The molecule has 2 N–H and O–H groups in total. The first-order valence-electron chi connectivity index (χ1n) is 7.77. The number of carboxylic acids is 1. The Bertz CT molecular complexity index is 392. The molecule has 22 heavy (non-hydrogen) atoms. The Kier molecular flexibility index (Phi) is 8.30. The van der Waals surface area contributed by atoms with Crippen molar-refractivity contribution in [1.29, 1.82) is 0 Å². The van der Waals surface area contributed by atoms with Crippen LogP contribution in [0.5, 0.6) is 0 Å². The third-order valence-corrected chi connectivity index (χ3v) is 3.83. The monoisotopic (exact) mass is 314 g/mol. The lowest BCUT2D eigenvalue weighted by atomic mass is 9.87. The Hall–Kier alpha value is -1.24. The molecular formula is C16H26O6. The van der Waals surface area contributed by atoms with Crippen LogP contribution in [0, 0.1) is 5.92 Å². The average molecular weight is 314 g/mol. The number of ketones is 1. The lowest BCUT2D eigenvalue weighted by molar-refractivity contribution is -0.215. The van der Waals surface area contributed by atoms with E-state index in [2.05, 4.69) is 6.92 Å². The molecule has 0 saturated carbocycles. The van der Waals surface area contributed by atoms with Crippen LogP contribution in [0.1, 0.15) is 45.4 Å². The number of aliphatic hydroxyl groups is 1. The predicted octanol–water partition coefficient (Wildman–Crippen LogP) is 1.91. The second-order valence-electron chi connectivity index (χ2n) is 5.61. The lowest BCUT2D eigenvalue weighted by Gasteiger charge is -2.37. The standard InChI is InChI=1S/C16H26O6/c1-3-4-5-6-11(17)7-8-14-12(9-15(19)20)13(18)10-16(21-2)22-14/h7-8,12-14,16,18H,3-6,9-10H2,1-2H3,(H,19,20)/t12-,13-,14+,16-/m0/s1. The van der Waals surface area contributed by atoms with Gasteiger partial charge in [0.25, 0.3) is 0 Å². The lowest BCUT2D eigenvalue weighted by Crippen LogP contribution is -2.45. The molecule has 0 amide bonds. The van der Waals surface area contributed by atoms with E-state index in [1.54, 1.807) is 6.08 Å². The Labute approximate surface area is 131 Å². The van der Waals surface area contributed by atoms with E-state index in [1.165, 1.54) is 13.2 Å². The van der Waals surface area contributed by atoms with Crippen molar-refractivity contribution in [2.45, 2.75) is 63.9 Å². The predicted molar refractivity (Wildman–Crippen MR) is 80.3 cm³/mol. The van der Waals surface area contributed by atoms with Crippen molar-refractivity contribution < 1.29 is 29.3 Å². The maximum Gasteiger partial charge on any atom is 0.303 e. The molecule has 1 heterocycles. The number of aliphatic carboxylic acids is 1. The zero-order chi connectivity index (χ0) is 16.5. The van der Waals surface area contributed by atoms with Gasteiger partial charge in [-0.3, -0.25) is 9.59 Å². The van der Waals surface area contributed by atoms with Crippen LogP contribution in [-0.4, -0.2) is 47.6 Å². The van der Waals surface area contributed by atoms with E-state index in [1.807, 2.05) is 0 Å². The number of unbranched alkanes of at least 4 members (excludes halogenated alkanes) is 2. The van der Waals surface area contributed by atoms with E-state index in [4.69, 9.17) is 14.6 Å². The Morgan fingerprint density at radius 3 is 2.68 bits per heavy atom. The van der Waals surface area contributed by atoms with Crippen molar-refractivity contribution >= 4 is 11.8 Å². The summed E-state index contributed by atoms with van der Waals surface area (Å²) in [6, 6.07) is 0. The Morgan fingerprint density at radius 2 is 2.09 bits per heavy atom. The molecule has 0 bridgehead atoms. The van der Waals surface area contributed by atoms with Crippen molar-refractivity contribution in [3.05, 3.63) is 12.2 Å². The highest BCUT2D eigenvalue weighted by molar-refractivity contribution is 5.89. The summed E-state index contributed by atoms with van der Waals surface area (Å²) in [6.45, 7) is 2.07. The van der Waals surface area contributed by atoms with Gasteiger partial charge in [-0.2, -0.15) is 0 Å². The Morgan fingerprint density at radius 1 is 1.36 bits per heavy atom. The van der Waals surface area contributed by atoms with E-state index >= 15 is 0 Å². The zero-order valence-electron chi connectivity index (χ0n) is 13.2. The number of hydrogen-bond donors (Lipinski definition) is 2. The highest BCUT2D eigenvalue weighted by Gasteiger charge is 2.38. The fraction of sp³-hybridized carbons (Fsp3) is 0.750. The van der Waals surface area contributed by atoms with Gasteiger partial charge in [0.1, 0.15) is 0 Å². The maximum atomic E-state index is 11.8. The topological polar surface area (TPSA) is 93.1 Å². The minimum absolute atomic E-state index is 0.0137. The number of carboxylic acid groups (broad SMARTS) is 1. The molecule has 0 aromatic heterocycles. The quantitative estimate of drug-likeness (QED) is 0.499. The SMILES string of the molecule is CCCCCC(=O)C=C[C@H]1O[C@H](OC)C[C@H](O)[C@@H]1CC(=O)O. The van der Waals surface area contributed by atoms with Crippen LogP contribution in [-0.2, 0) is 19.1 Å². The van der Waals surface area contributed by atoms with Crippen LogP contribution in [0.25, 0.3) is 0 Å². The summed E-state index contributed by atoms with van der Waals surface area (Å²) in [4.78, 5) is 22.7. The van der Waals surface area contributed by atoms with Gasteiger partial charge in [-0.05, 0) is 12.5 Å². The van der Waals surface area contributed by atoms with Crippen molar-refractivity contribution in [3.8, 4) is 0 Å². The molecule has 1 saturated heterocycles. The molecule has 0 radical (unpaired) electrons. The van der Waals surface area contributed by atoms with Crippen LogP contribution < -0.4 is 0 Å². The third kappa shape index (κ3) is 6.25. The fourth-order valence-corrected chi connectivity index (χ4v) is 2.55. The van der Waals surface area contributed by atoms with E-state index in [0.717, 1.165) is 19.3 Å². The van der Waals surface area contributed by atoms with Gasteiger partial charge in [0.15, 0.2) is 12.1 Å². The molecule has 126 valence electrons. The first kappa shape index (κ1) is 18.8. The summed E-state index contributed by atoms with van der Waals surface area (Å²) < 4.78 is 10.7. The summed E-state index contributed by atoms with van der Waals surface area (Å²) >= 11 is 0. The number of allylic oxidation sites excluding steroid dienone is 1. The third-order valence-electron chi connectivity index (χ3n) is 3.83. The minimum atomic E-state index is -1.00. The molecule has 4 atom stereocenters. The van der Waals surface area contributed by atoms with Gasteiger partial charge in [0.05, 0.1) is 18.6 Å². The van der Waals surface area contributed by atoms with E-state index in [9.17, 15) is 14.7 Å². The highest BCUT2D eigenvalue weighted by Crippen LogP contribution is 2.29. The fourth-order valence-electron chi connectivity index (χ4n) is 2.55. The molecule has 0 aromatic rings. The van der Waals surface area contributed by atoms with Crippen molar-refractivity contribution in [2.75, 3.05) is 7.11 Å². The first-order valence-corrected chi connectivity index (χ1v) is 7.77. The zero-order valence-corrected chi connectivity index (χ0v) is 13.2. The van der Waals surface area contributed by atoms with Gasteiger partial charge in [0, 0.05) is 25.9 Å². The molecule has 1 rings (SSSR count). The number of carbonyl (C=O) groups excluding carboxylic acids is 1. The summed E-state index contributed by atoms with van der Waals surface area (Å²) in [5.74, 6) is -1.60. The molecular weight excluding hydrogens is 288 g/mol. The molecule has 6 heteroatoms. The highest BCUT2D eigenvalue weighted by atomic mass is 16.7. The summed E-state index contributed by atoms with van der Waals surface area (Å²) in [7, 11) is 1.46. The number of carbonyl (C=O) groups is 2. The molecule has 0 aromatic carbocycles. The van der Waals surface area contributed by atoms with Gasteiger partial charge in [-0.1, -0.05) is 25.8 Å². The summed E-state index contributed by atoms with van der Waals surface area (Å²) in [5.41, 5.74) is 0. The van der Waals surface area contributed by atoms with Crippen molar-refractivity contribution in [2.24, 2.45) is 5.92 Å². The van der Waals surface area contributed by atoms with Gasteiger partial charge in [-0.25, -0.2) is 0 Å².